The normalized spacial score (nSPS) is 9.44. The highest BCUT2D eigenvalue weighted by Crippen LogP contribution is 2.33. The third-order valence-electron chi connectivity index (χ3n) is 3.61. The molecule has 0 aliphatic rings. The van der Waals surface area contributed by atoms with Crippen LogP contribution in [0.15, 0.2) is 48.5 Å². The van der Waals surface area contributed by atoms with Crippen molar-refractivity contribution in [3.8, 4) is 11.5 Å². The molecule has 2 rings (SSSR count). The van der Waals surface area contributed by atoms with Gasteiger partial charge in [0.25, 0.3) is 0 Å². The van der Waals surface area contributed by atoms with Crippen molar-refractivity contribution in [3.05, 3.63) is 59.7 Å². The third kappa shape index (κ3) is 6.77. The molecule has 144 valence electrons. The average molecular weight is 353 g/mol. The molecule has 0 saturated carbocycles. The van der Waals surface area contributed by atoms with Gasteiger partial charge < -0.3 is 19.7 Å². The molecule has 4 heteroatoms. The smallest absolute Gasteiger partial charge is 0.186 e. The zero-order chi connectivity index (χ0) is 15.3. The lowest BCUT2D eigenvalue weighted by molar-refractivity contribution is 0.0981. The van der Waals surface area contributed by atoms with E-state index in [-0.39, 0.29) is 48.7 Å². The Kier molecular flexibility index (Phi) is 13.7. The fraction of sp³-hybridized carbons (Fsp3) is 0.429. The van der Waals surface area contributed by atoms with Gasteiger partial charge in [0.05, 0.1) is 0 Å². The number of ether oxygens (including phenoxy) is 2. The first-order valence-corrected chi connectivity index (χ1v) is 6.76. The van der Waals surface area contributed by atoms with Crippen LogP contribution in [0.3, 0.4) is 0 Å². The van der Waals surface area contributed by atoms with Crippen LogP contribution in [0.5, 0.6) is 11.5 Å². The number of hydrogen-bond donors (Lipinski definition) is 2. The molecule has 0 atom stereocenters. The summed E-state index contributed by atoms with van der Waals surface area (Å²) in [6, 6.07) is 15.3. The van der Waals surface area contributed by atoms with Crippen LogP contribution in [-0.2, 0) is 5.41 Å². The van der Waals surface area contributed by atoms with Crippen LogP contribution in [0.4, 0.5) is 0 Å². The molecule has 0 unspecified atom stereocenters. The van der Waals surface area contributed by atoms with Crippen LogP contribution in [0.2, 0.25) is 0 Å². The topological polar surface area (TPSA) is 58.9 Å². The lowest BCUT2D eigenvalue weighted by Crippen LogP contribution is -2.18. The van der Waals surface area contributed by atoms with Crippen molar-refractivity contribution in [1.82, 2.24) is 0 Å². The van der Waals surface area contributed by atoms with Gasteiger partial charge in [-0.2, -0.15) is 0 Å². The van der Waals surface area contributed by atoms with Crippen molar-refractivity contribution >= 4 is 0 Å². The zero-order valence-corrected chi connectivity index (χ0v) is 12.2. The number of aliphatic hydroxyl groups excluding tert-OH is 2. The summed E-state index contributed by atoms with van der Waals surface area (Å²) in [6.45, 7) is 3.62. The molecule has 0 heterocycles. The van der Waals surface area contributed by atoms with Crippen LogP contribution < -0.4 is 9.47 Å². The monoisotopic (exact) mass is 352 g/mol. The van der Waals surface area contributed by atoms with E-state index in [1.165, 1.54) is 0 Å². The van der Waals surface area contributed by atoms with E-state index in [4.69, 9.17) is 19.7 Å². The van der Waals surface area contributed by atoms with E-state index in [1.54, 1.807) is 0 Å². The van der Waals surface area contributed by atoms with Gasteiger partial charge in [-0.3, -0.25) is 0 Å². The van der Waals surface area contributed by atoms with Gasteiger partial charge >= 0.3 is 0 Å². The molecule has 2 aromatic carbocycles. The van der Waals surface area contributed by atoms with E-state index in [1.807, 2.05) is 48.5 Å². The first-order valence-electron chi connectivity index (χ1n) is 6.76. The van der Waals surface area contributed by atoms with E-state index in [9.17, 15) is 0 Å². The maximum atomic E-state index is 8.74. The van der Waals surface area contributed by atoms with E-state index in [0.29, 0.717) is 11.5 Å². The van der Waals surface area contributed by atoms with Crippen molar-refractivity contribution in [2.75, 3.05) is 13.6 Å². The number of hydrogen-bond acceptors (Lipinski definition) is 4. The molecule has 0 bridgehead atoms. The summed E-state index contributed by atoms with van der Waals surface area (Å²) in [5.74, 6) is 1.28. The minimum absolute atomic E-state index is 0. The standard InChI is InChI=1S/C17H20O4.4CH4/c1-17(2,13-3-7-15(8-4-13)20-11-18)14-5-9-16(10-6-14)21-12-19;;;;/h3-10,18-19H,11-12H2,1-2H3;4*1H4. The molecule has 0 spiro atoms. The molecular weight excluding hydrogens is 316 g/mol. The van der Waals surface area contributed by atoms with Crippen LogP contribution in [0, 0.1) is 0 Å². The summed E-state index contributed by atoms with van der Waals surface area (Å²) in [5, 5.41) is 17.5. The molecule has 2 aromatic rings. The Bertz CT molecular complexity index is 508. The highest BCUT2D eigenvalue weighted by Gasteiger charge is 2.23. The predicted molar refractivity (Wildman–Crippen MR) is 107 cm³/mol. The van der Waals surface area contributed by atoms with Crippen molar-refractivity contribution in [1.29, 1.82) is 0 Å². The molecule has 0 aromatic heterocycles. The van der Waals surface area contributed by atoms with E-state index >= 15 is 0 Å². The Morgan fingerprint density at radius 2 is 0.920 bits per heavy atom. The molecule has 4 nitrogen and oxygen atoms in total. The summed E-state index contributed by atoms with van der Waals surface area (Å²) in [4.78, 5) is 0. The summed E-state index contributed by atoms with van der Waals surface area (Å²) >= 11 is 0. The molecule has 0 aliphatic carbocycles. The van der Waals surface area contributed by atoms with Crippen molar-refractivity contribution in [3.63, 3.8) is 0 Å². The Morgan fingerprint density at radius 3 is 1.16 bits per heavy atom. The minimum atomic E-state index is -0.324. The molecule has 0 radical (unpaired) electrons. The first kappa shape index (κ1) is 27.8. The second-order valence-electron chi connectivity index (χ2n) is 5.22. The summed E-state index contributed by atoms with van der Waals surface area (Å²) < 4.78 is 10.1. The Labute approximate surface area is 154 Å². The minimum Gasteiger partial charge on any atom is -0.468 e. The van der Waals surface area contributed by atoms with Gasteiger partial charge in [-0.25, -0.2) is 0 Å². The van der Waals surface area contributed by atoms with Gasteiger partial charge in [-0.1, -0.05) is 67.8 Å². The van der Waals surface area contributed by atoms with Gasteiger partial charge in [0.2, 0.25) is 0 Å². The van der Waals surface area contributed by atoms with Gasteiger partial charge in [0, 0.05) is 5.41 Å². The van der Waals surface area contributed by atoms with Crippen molar-refractivity contribution in [2.45, 2.75) is 49.0 Å². The molecule has 0 amide bonds. The largest absolute Gasteiger partial charge is 0.468 e. The third-order valence-corrected chi connectivity index (χ3v) is 3.61. The molecule has 2 N–H and O–H groups in total. The molecular formula is C21H36O4. The highest BCUT2D eigenvalue weighted by molar-refractivity contribution is 5.41. The first-order chi connectivity index (χ1) is 10.1. The predicted octanol–water partition coefficient (Wildman–Crippen LogP) is 5.21. The van der Waals surface area contributed by atoms with Gasteiger partial charge in [-0.05, 0) is 35.4 Å². The summed E-state index contributed by atoms with van der Waals surface area (Å²) in [5.41, 5.74) is 2.11. The molecule has 0 aliphatic heterocycles. The molecule has 25 heavy (non-hydrogen) atoms. The number of rotatable bonds is 6. The van der Waals surface area contributed by atoms with Crippen molar-refractivity contribution < 1.29 is 19.7 Å². The maximum Gasteiger partial charge on any atom is 0.186 e. The molecule has 0 fully saturated rings. The number of benzene rings is 2. The second-order valence-corrected chi connectivity index (χ2v) is 5.22. The highest BCUT2D eigenvalue weighted by atomic mass is 16.6. The number of aliphatic hydroxyl groups is 2. The van der Waals surface area contributed by atoms with Crippen LogP contribution in [0.25, 0.3) is 0 Å². The summed E-state index contributed by atoms with van der Waals surface area (Å²) in [7, 11) is 0. The SMILES string of the molecule is C.C.C.C.CC(C)(c1ccc(OCO)cc1)c1ccc(OCO)cc1. The Hall–Kier alpha value is -2.04. The van der Waals surface area contributed by atoms with E-state index in [0.717, 1.165) is 11.1 Å². The Balaban J connectivity index is -0.00000121. The van der Waals surface area contributed by atoms with Crippen LogP contribution in [-0.4, -0.2) is 23.8 Å². The van der Waals surface area contributed by atoms with Gasteiger partial charge in [0.15, 0.2) is 13.6 Å². The fourth-order valence-corrected chi connectivity index (χ4v) is 2.25. The Morgan fingerprint density at radius 1 is 0.640 bits per heavy atom. The second kappa shape index (κ2) is 12.3. The quantitative estimate of drug-likeness (QED) is 0.700. The van der Waals surface area contributed by atoms with Crippen molar-refractivity contribution in [2.24, 2.45) is 0 Å². The van der Waals surface area contributed by atoms with E-state index in [2.05, 4.69) is 13.8 Å². The summed E-state index contributed by atoms with van der Waals surface area (Å²) in [6.07, 6.45) is 0. The van der Waals surface area contributed by atoms with Gasteiger partial charge in [-0.15, -0.1) is 0 Å². The van der Waals surface area contributed by atoms with Crippen LogP contribution >= 0.6 is 0 Å². The van der Waals surface area contributed by atoms with Gasteiger partial charge in [0.1, 0.15) is 11.5 Å². The lowest BCUT2D eigenvalue weighted by atomic mass is 9.78. The fourth-order valence-electron chi connectivity index (χ4n) is 2.25. The van der Waals surface area contributed by atoms with Crippen LogP contribution in [0.1, 0.15) is 54.7 Å². The maximum absolute atomic E-state index is 8.74. The molecule has 0 saturated heterocycles. The zero-order valence-electron chi connectivity index (χ0n) is 12.2. The van der Waals surface area contributed by atoms with E-state index < -0.39 is 0 Å². The average Bonchev–Trinajstić information content (AvgIpc) is 2.49. The lowest BCUT2D eigenvalue weighted by Gasteiger charge is -2.26.